The molecule has 0 saturated heterocycles. The van der Waals surface area contributed by atoms with Gasteiger partial charge in [-0.1, -0.05) is 243 Å². The van der Waals surface area contributed by atoms with Crippen molar-refractivity contribution in [3.05, 3.63) is 363 Å². The van der Waals surface area contributed by atoms with Crippen LogP contribution in [0, 0.1) is 19.8 Å². The van der Waals surface area contributed by atoms with Gasteiger partial charge >= 0.3 is 0 Å². The molecule has 0 aliphatic heterocycles. The summed E-state index contributed by atoms with van der Waals surface area (Å²) in [6, 6.07) is 72.5. The number of fused-ring (bicyclic) bond motifs is 6. The summed E-state index contributed by atoms with van der Waals surface area (Å²) in [5.74, 6) is 0.0566. The first-order chi connectivity index (χ1) is 44.4. The second-order valence-corrected chi connectivity index (χ2v) is 24.8. The van der Waals surface area contributed by atoms with Crippen molar-refractivity contribution in [3.63, 3.8) is 0 Å². The maximum absolute atomic E-state index is 4.55. The number of aryl methyl sites for hydroxylation is 2. The van der Waals surface area contributed by atoms with Crippen molar-refractivity contribution in [2.45, 2.75) is 95.8 Å². The Labute approximate surface area is 535 Å². The number of allylic oxidation sites excluding steroid dienone is 17. The summed E-state index contributed by atoms with van der Waals surface area (Å²) in [4.78, 5) is 2.52. The smallest absolute Gasteiger partial charge is 0.0486 e. The second kappa shape index (κ2) is 26.4. The number of rotatable bonds is 12. The molecule has 0 spiro atoms. The predicted octanol–water partition coefficient (Wildman–Crippen LogP) is 23.4. The lowest BCUT2D eigenvalue weighted by molar-refractivity contribution is 0.614. The summed E-state index contributed by atoms with van der Waals surface area (Å²) in [5.41, 5.74) is 31.0. The van der Waals surface area contributed by atoms with Gasteiger partial charge in [-0.15, -0.1) is 12.8 Å². The summed E-state index contributed by atoms with van der Waals surface area (Å²) >= 11 is 0. The maximum Gasteiger partial charge on any atom is 0.0486 e. The van der Waals surface area contributed by atoms with E-state index in [0.29, 0.717) is 0 Å². The van der Waals surface area contributed by atoms with Crippen LogP contribution in [-0.2, 0) is 24.7 Å². The van der Waals surface area contributed by atoms with E-state index in [9.17, 15) is 0 Å². The van der Waals surface area contributed by atoms with Crippen molar-refractivity contribution in [2.24, 2.45) is 0 Å². The molecule has 1 heteroatoms. The highest BCUT2D eigenvalue weighted by Crippen LogP contribution is 2.53. The first kappa shape index (κ1) is 59.0. The van der Waals surface area contributed by atoms with Crippen LogP contribution < -0.4 is 4.90 Å². The van der Waals surface area contributed by atoms with Crippen LogP contribution in [0.4, 0.5) is 17.1 Å². The molecule has 5 aliphatic rings. The summed E-state index contributed by atoms with van der Waals surface area (Å²) in [5, 5.41) is 2.63. The van der Waals surface area contributed by atoms with Crippen molar-refractivity contribution >= 4 is 39.5 Å². The first-order valence-electron chi connectivity index (χ1n) is 32.4. The Balaban J connectivity index is 0.00000368. The molecule has 0 fully saturated rings. The molecule has 0 bridgehead atoms. The van der Waals surface area contributed by atoms with Crippen LogP contribution in [0.3, 0.4) is 0 Å². The predicted molar refractivity (Wildman–Crippen MR) is 386 cm³/mol. The lowest BCUT2D eigenvalue weighted by Crippen LogP contribution is -2.31. The number of hydrogen-bond acceptors (Lipinski definition) is 1. The molecular weight excluding hydrogens is 1080 g/mol. The Hall–Kier alpha value is -10.0. The molecule has 1 nitrogen and oxygen atoms in total. The van der Waals surface area contributed by atoms with Crippen LogP contribution >= 0.6 is 0 Å². The van der Waals surface area contributed by atoms with Gasteiger partial charge < -0.3 is 4.90 Å². The Morgan fingerprint density at radius 2 is 1.32 bits per heavy atom. The second-order valence-electron chi connectivity index (χ2n) is 24.8. The Morgan fingerprint density at radius 3 is 2.17 bits per heavy atom. The highest BCUT2D eigenvalue weighted by molar-refractivity contribution is 5.91. The van der Waals surface area contributed by atoms with Crippen molar-refractivity contribution in [1.82, 2.24) is 0 Å². The van der Waals surface area contributed by atoms with Crippen molar-refractivity contribution in [1.29, 1.82) is 0 Å². The van der Waals surface area contributed by atoms with Crippen molar-refractivity contribution in [3.8, 4) is 35.1 Å². The van der Waals surface area contributed by atoms with Crippen LogP contribution in [-0.4, -0.2) is 0 Å². The lowest BCUT2D eigenvalue weighted by atomic mass is 9.64. The van der Waals surface area contributed by atoms with Crippen LogP contribution in [0.1, 0.15) is 131 Å². The van der Waals surface area contributed by atoms with E-state index in [1.807, 2.05) is 6.08 Å². The zero-order chi connectivity index (χ0) is 61.6. The van der Waals surface area contributed by atoms with Gasteiger partial charge in [-0.05, 0) is 249 Å². The fourth-order valence-electron chi connectivity index (χ4n) is 15.2. The third-order valence-electron chi connectivity index (χ3n) is 19.6. The Morgan fingerprint density at radius 1 is 0.567 bits per heavy atom. The number of terminal acetylenes is 1. The van der Waals surface area contributed by atoms with E-state index in [0.717, 1.165) is 87.7 Å². The third kappa shape index (κ3) is 11.3. The van der Waals surface area contributed by atoms with Crippen LogP contribution in [0.25, 0.3) is 44.7 Å². The summed E-state index contributed by atoms with van der Waals surface area (Å²) in [6.07, 6.45) is 48.6. The number of nitrogens with zero attached hydrogens (tertiary/aromatic N) is 1. The van der Waals surface area contributed by atoms with E-state index >= 15 is 0 Å². The first-order valence-corrected chi connectivity index (χ1v) is 32.4. The molecular formula is C89H79N. The number of hydrogen-bond donors (Lipinski definition) is 0. The van der Waals surface area contributed by atoms with E-state index < -0.39 is 5.41 Å². The van der Waals surface area contributed by atoms with Crippen LogP contribution in [0.2, 0.25) is 0 Å². The minimum Gasteiger partial charge on any atom is -0.310 e. The van der Waals surface area contributed by atoms with E-state index in [1.54, 1.807) is 0 Å². The molecule has 0 saturated carbocycles. The molecule has 440 valence electrons. The zero-order valence-electron chi connectivity index (χ0n) is 52.3. The minimum absolute atomic E-state index is 0.0566. The standard InChI is InChI=1S/C87H77N.C2H2/c1-5-24-63-42-43-64(40-38-60(3)55-62(63)6-2)65-44-49-73(50-45-65)88(75-51-46-68-27-11-7-8-22-54-87(85(68)58-75,71-29-12-9-13-30-71)72-31-14-10-15-32-72)74-33-23-28-69(56-74)70-48-52-79-78-36-20-21-37-80(78)86(84(79)57-70)81-53-47-67-26-17-19-35-77(67)83(81)59-82-61(4)39-41-66-25-16-18-34-76(66)82;1-2/h5-9,11-14,17-24,26,28-37,39,41,43-53,56-58,86H,2-3,10,15-16,25,27,38,40,42,54-55,59H2,1,4H3;1-2H/b11-7-,22-8-,24-5-,63-62-,64-43+;. The number of anilines is 3. The Kier molecular flexibility index (Phi) is 17.3. The SMILES string of the molecule is C#C.C=C/C1=C(\C=C/C)C/C=C(/c2ccc(N(c3cccc(-c4ccc5c(c4)C(c4ccc6ccccc6c4Cc4c(C)ccc6c4C=CCC6)c4ccccc4-5)c3)c3ccc4c(c3)C(C3=CCCC=C3)(c3ccccc3)C/C=C\C=C/C4)cc2)CCC(=C)C1. The highest BCUT2D eigenvalue weighted by Gasteiger charge is 2.39. The maximum atomic E-state index is 4.55. The summed E-state index contributed by atoms with van der Waals surface area (Å²) in [6.45, 7) is 13.2. The largest absolute Gasteiger partial charge is 0.310 e. The molecule has 0 N–H and O–H groups in total. The molecule has 90 heavy (non-hydrogen) atoms. The third-order valence-corrected chi connectivity index (χ3v) is 19.6. The molecule has 0 amide bonds. The lowest BCUT2D eigenvalue weighted by Gasteiger charge is -2.39. The van der Waals surface area contributed by atoms with Gasteiger partial charge in [-0.3, -0.25) is 0 Å². The van der Waals surface area contributed by atoms with Crippen molar-refractivity contribution in [2.75, 3.05) is 4.90 Å². The normalized spacial score (nSPS) is 19.7. The quantitative estimate of drug-likeness (QED) is 0.0870. The van der Waals surface area contributed by atoms with Crippen LogP contribution in [0.15, 0.2) is 296 Å². The van der Waals surface area contributed by atoms with Crippen molar-refractivity contribution < 1.29 is 0 Å². The molecule has 5 aliphatic carbocycles. The fraction of sp³-hybridized carbons (Fsp3) is 0.169. The molecule has 0 radical (unpaired) electrons. The summed E-state index contributed by atoms with van der Waals surface area (Å²) in [7, 11) is 0. The van der Waals surface area contributed by atoms with E-state index in [1.165, 1.54) is 128 Å². The van der Waals surface area contributed by atoms with Gasteiger partial charge in [0.1, 0.15) is 0 Å². The van der Waals surface area contributed by atoms with E-state index in [4.69, 9.17) is 0 Å². The Bertz CT molecular complexity index is 4510. The molecule has 9 aromatic carbocycles. The molecule has 14 rings (SSSR count). The van der Waals surface area contributed by atoms with Gasteiger partial charge in [-0.2, -0.15) is 0 Å². The van der Waals surface area contributed by atoms with Gasteiger partial charge in [0.25, 0.3) is 0 Å². The average Bonchev–Trinajstić information content (AvgIpc) is 1.54. The van der Waals surface area contributed by atoms with E-state index in [-0.39, 0.29) is 5.92 Å². The molecule has 9 aromatic rings. The topological polar surface area (TPSA) is 3.24 Å². The van der Waals surface area contributed by atoms with Gasteiger partial charge in [0.05, 0.1) is 0 Å². The molecule has 2 unspecified atom stereocenters. The van der Waals surface area contributed by atoms with Gasteiger partial charge in [0.15, 0.2) is 0 Å². The molecule has 0 heterocycles. The minimum atomic E-state index is -0.414. The monoisotopic (exact) mass is 1160 g/mol. The average molecular weight is 1160 g/mol. The van der Waals surface area contributed by atoms with Gasteiger partial charge in [0.2, 0.25) is 0 Å². The van der Waals surface area contributed by atoms with Crippen LogP contribution in [0.5, 0.6) is 0 Å². The highest BCUT2D eigenvalue weighted by atomic mass is 15.1. The fourth-order valence-corrected chi connectivity index (χ4v) is 15.2. The zero-order valence-corrected chi connectivity index (χ0v) is 52.3. The summed E-state index contributed by atoms with van der Waals surface area (Å²) < 4.78 is 0. The number of benzene rings is 9. The van der Waals surface area contributed by atoms with E-state index in [2.05, 4.69) is 306 Å². The molecule has 0 aromatic heterocycles. The molecule has 2 atom stereocenters. The van der Waals surface area contributed by atoms with Gasteiger partial charge in [-0.25, -0.2) is 0 Å². The van der Waals surface area contributed by atoms with Gasteiger partial charge in [0, 0.05) is 28.4 Å².